The third-order valence-corrected chi connectivity index (χ3v) is 5.05. The summed E-state index contributed by atoms with van der Waals surface area (Å²) >= 11 is 1.02. The van der Waals surface area contributed by atoms with E-state index in [0.717, 1.165) is 11.3 Å². The minimum atomic E-state index is -0.271. The SMILES string of the molecule is Cn1ccnc(N2CCC(C(=O)Cc3ccsc3F)CC2)c1=O. The molecule has 0 aromatic carbocycles. The van der Waals surface area contributed by atoms with Gasteiger partial charge in [0.2, 0.25) is 0 Å². The predicted molar refractivity (Wildman–Crippen MR) is 87.4 cm³/mol. The molecule has 3 rings (SSSR count). The van der Waals surface area contributed by atoms with E-state index in [1.807, 2.05) is 4.90 Å². The minimum absolute atomic E-state index is 0.0712. The van der Waals surface area contributed by atoms with Gasteiger partial charge in [-0.3, -0.25) is 9.59 Å². The Labute approximate surface area is 137 Å². The molecule has 0 radical (unpaired) electrons. The summed E-state index contributed by atoms with van der Waals surface area (Å²) in [4.78, 5) is 30.5. The molecule has 0 aliphatic carbocycles. The molecule has 2 aromatic rings. The molecule has 0 unspecified atom stereocenters. The highest BCUT2D eigenvalue weighted by Gasteiger charge is 2.27. The first-order valence-electron chi connectivity index (χ1n) is 7.57. The van der Waals surface area contributed by atoms with Crippen LogP contribution in [0.2, 0.25) is 0 Å². The summed E-state index contributed by atoms with van der Waals surface area (Å²) in [6.07, 6.45) is 4.73. The second-order valence-corrected chi connectivity index (χ2v) is 6.66. The van der Waals surface area contributed by atoms with Gasteiger partial charge in [-0.1, -0.05) is 0 Å². The van der Waals surface area contributed by atoms with Crippen molar-refractivity contribution in [2.24, 2.45) is 13.0 Å². The van der Waals surface area contributed by atoms with Gasteiger partial charge in [-0.05, 0) is 24.3 Å². The number of hydrogen-bond donors (Lipinski definition) is 0. The van der Waals surface area contributed by atoms with Crippen LogP contribution in [0.1, 0.15) is 18.4 Å². The van der Waals surface area contributed by atoms with Gasteiger partial charge in [-0.2, -0.15) is 4.39 Å². The van der Waals surface area contributed by atoms with Gasteiger partial charge in [-0.25, -0.2) is 4.98 Å². The lowest BCUT2D eigenvalue weighted by Crippen LogP contribution is -2.40. The summed E-state index contributed by atoms with van der Waals surface area (Å²) in [7, 11) is 1.69. The largest absolute Gasteiger partial charge is 0.352 e. The highest BCUT2D eigenvalue weighted by Crippen LogP contribution is 2.23. The Morgan fingerprint density at radius 3 is 2.83 bits per heavy atom. The Morgan fingerprint density at radius 2 is 2.17 bits per heavy atom. The van der Waals surface area contributed by atoms with Gasteiger partial charge in [0.15, 0.2) is 10.9 Å². The molecule has 0 bridgehead atoms. The van der Waals surface area contributed by atoms with Crippen LogP contribution in [0, 0.1) is 11.0 Å². The van der Waals surface area contributed by atoms with Crippen molar-refractivity contribution in [2.45, 2.75) is 19.3 Å². The maximum atomic E-state index is 13.5. The number of rotatable bonds is 4. The average molecular weight is 335 g/mol. The van der Waals surface area contributed by atoms with E-state index in [9.17, 15) is 14.0 Å². The van der Waals surface area contributed by atoms with Crippen molar-refractivity contribution < 1.29 is 9.18 Å². The standard InChI is InChI=1S/C16H18FN3O2S/c1-19-8-5-18-15(16(19)22)20-6-2-11(3-7-20)13(21)10-12-4-9-23-14(12)17/h4-5,8-9,11H,2-3,6-7,10H2,1H3. The van der Waals surface area contributed by atoms with Gasteiger partial charge in [-0.15, -0.1) is 11.3 Å². The number of aryl methyl sites for hydroxylation is 1. The zero-order valence-corrected chi connectivity index (χ0v) is 13.7. The first kappa shape index (κ1) is 15.9. The van der Waals surface area contributed by atoms with E-state index in [1.165, 1.54) is 4.57 Å². The third-order valence-electron chi connectivity index (χ3n) is 4.31. The van der Waals surface area contributed by atoms with E-state index >= 15 is 0 Å². The van der Waals surface area contributed by atoms with Crippen LogP contribution in [0.5, 0.6) is 0 Å². The molecule has 0 saturated carbocycles. The number of thiophene rings is 1. The molecule has 1 fully saturated rings. The summed E-state index contributed by atoms with van der Waals surface area (Å²) in [5.74, 6) is 0.443. The van der Waals surface area contributed by atoms with Gasteiger partial charge in [0.25, 0.3) is 5.56 Å². The molecule has 0 amide bonds. The number of hydrogen-bond acceptors (Lipinski definition) is 5. The van der Waals surface area contributed by atoms with Crippen LogP contribution in [-0.2, 0) is 18.3 Å². The monoisotopic (exact) mass is 335 g/mol. The quantitative estimate of drug-likeness (QED) is 0.858. The summed E-state index contributed by atoms with van der Waals surface area (Å²) < 4.78 is 15.0. The normalized spacial score (nSPS) is 15.8. The van der Waals surface area contributed by atoms with Gasteiger partial charge >= 0.3 is 0 Å². The molecular weight excluding hydrogens is 317 g/mol. The van der Waals surface area contributed by atoms with E-state index < -0.39 is 0 Å². The molecule has 7 heteroatoms. The van der Waals surface area contributed by atoms with Crippen molar-refractivity contribution >= 4 is 22.9 Å². The topological polar surface area (TPSA) is 55.2 Å². The van der Waals surface area contributed by atoms with Crippen LogP contribution in [-0.4, -0.2) is 28.4 Å². The van der Waals surface area contributed by atoms with Crippen LogP contribution >= 0.6 is 11.3 Å². The number of halogens is 1. The molecule has 3 heterocycles. The van der Waals surface area contributed by atoms with Crippen LogP contribution in [0.3, 0.4) is 0 Å². The fraction of sp³-hybridized carbons (Fsp3) is 0.438. The van der Waals surface area contributed by atoms with Crippen molar-refractivity contribution in [3.8, 4) is 0 Å². The summed E-state index contributed by atoms with van der Waals surface area (Å²) in [6, 6.07) is 1.67. The smallest absolute Gasteiger partial charge is 0.293 e. The summed E-state index contributed by atoms with van der Waals surface area (Å²) in [6.45, 7) is 1.24. The lowest BCUT2D eigenvalue weighted by Gasteiger charge is -2.31. The van der Waals surface area contributed by atoms with Gasteiger partial charge < -0.3 is 9.47 Å². The molecule has 1 aliphatic rings. The fourth-order valence-corrected chi connectivity index (χ4v) is 3.54. The van der Waals surface area contributed by atoms with Crippen LogP contribution < -0.4 is 10.5 Å². The van der Waals surface area contributed by atoms with Crippen LogP contribution in [0.15, 0.2) is 28.6 Å². The molecule has 0 atom stereocenters. The molecule has 0 spiro atoms. The first-order valence-corrected chi connectivity index (χ1v) is 8.45. The van der Waals surface area contributed by atoms with Crippen molar-refractivity contribution in [3.05, 3.63) is 44.9 Å². The number of nitrogens with zero attached hydrogens (tertiary/aromatic N) is 3. The van der Waals surface area contributed by atoms with E-state index in [0.29, 0.717) is 37.3 Å². The molecule has 122 valence electrons. The highest BCUT2D eigenvalue weighted by molar-refractivity contribution is 7.08. The van der Waals surface area contributed by atoms with Crippen molar-refractivity contribution in [2.75, 3.05) is 18.0 Å². The number of ketones is 1. The maximum Gasteiger partial charge on any atom is 0.293 e. The van der Waals surface area contributed by atoms with Gasteiger partial charge in [0.1, 0.15) is 5.78 Å². The number of anilines is 1. The summed E-state index contributed by atoms with van der Waals surface area (Å²) in [5.41, 5.74) is 0.360. The second kappa shape index (κ2) is 6.62. The Bertz CT molecular complexity index is 763. The van der Waals surface area contributed by atoms with Crippen molar-refractivity contribution in [1.29, 1.82) is 0 Å². The number of carbonyl (C=O) groups excluding carboxylic acids is 1. The lowest BCUT2D eigenvalue weighted by molar-refractivity contribution is -0.122. The highest BCUT2D eigenvalue weighted by atomic mass is 32.1. The Balaban J connectivity index is 1.62. The van der Waals surface area contributed by atoms with Crippen LogP contribution in [0.4, 0.5) is 10.2 Å². The van der Waals surface area contributed by atoms with E-state index in [2.05, 4.69) is 4.98 Å². The van der Waals surface area contributed by atoms with E-state index in [-0.39, 0.29) is 28.8 Å². The Hall–Kier alpha value is -2.02. The fourth-order valence-electron chi connectivity index (χ4n) is 2.89. The lowest BCUT2D eigenvalue weighted by atomic mass is 9.90. The van der Waals surface area contributed by atoms with Gasteiger partial charge in [0.05, 0.1) is 0 Å². The Morgan fingerprint density at radius 1 is 1.43 bits per heavy atom. The number of carbonyl (C=O) groups is 1. The first-order chi connectivity index (χ1) is 11.1. The zero-order chi connectivity index (χ0) is 16.4. The minimum Gasteiger partial charge on any atom is -0.352 e. The Kier molecular flexibility index (Phi) is 4.56. The molecule has 23 heavy (non-hydrogen) atoms. The summed E-state index contributed by atoms with van der Waals surface area (Å²) in [5, 5.41) is 1.39. The van der Waals surface area contributed by atoms with E-state index in [1.54, 1.807) is 30.9 Å². The average Bonchev–Trinajstić information content (AvgIpc) is 2.95. The molecule has 2 aromatic heterocycles. The van der Waals surface area contributed by atoms with Crippen LogP contribution in [0.25, 0.3) is 0 Å². The van der Waals surface area contributed by atoms with Crippen molar-refractivity contribution in [3.63, 3.8) is 0 Å². The maximum absolute atomic E-state index is 13.5. The predicted octanol–water partition coefficient (Wildman–Crippen LogP) is 2.01. The number of piperidine rings is 1. The molecule has 0 N–H and O–H groups in total. The number of aromatic nitrogens is 2. The van der Waals surface area contributed by atoms with Crippen molar-refractivity contribution in [1.82, 2.24) is 9.55 Å². The third kappa shape index (κ3) is 3.34. The van der Waals surface area contributed by atoms with E-state index in [4.69, 9.17) is 0 Å². The number of Topliss-reactive ketones (excluding diaryl/α,β-unsaturated/α-hetero) is 1. The molecule has 1 aliphatic heterocycles. The molecule has 5 nitrogen and oxygen atoms in total. The second-order valence-electron chi connectivity index (χ2n) is 5.79. The molecule has 1 saturated heterocycles. The van der Waals surface area contributed by atoms with Gasteiger partial charge in [0, 0.05) is 50.4 Å². The molecular formula is C16H18FN3O2S. The zero-order valence-electron chi connectivity index (χ0n) is 12.9.